The monoisotopic (exact) mass is 399 g/mol. The summed E-state index contributed by atoms with van der Waals surface area (Å²) in [6.45, 7) is 11.6. The summed E-state index contributed by atoms with van der Waals surface area (Å²) in [5, 5.41) is 0. The topological polar surface area (TPSA) is 12.5 Å². The lowest BCUT2D eigenvalue weighted by Gasteiger charge is -2.16. The first-order valence-corrected chi connectivity index (χ1v) is 10.4. The van der Waals surface area contributed by atoms with Gasteiger partial charge in [-0.1, -0.05) is 92.9 Å². The molecule has 0 aliphatic heterocycles. The third-order valence-electron chi connectivity index (χ3n) is 4.63. The predicted molar refractivity (Wildman–Crippen MR) is 132 cm³/mol. The van der Waals surface area contributed by atoms with Crippen LogP contribution in [0.2, 0.25) is 0 Å². The molecule has 0 spiro atoms. The van der Waals surface area contributed by atoms with E-state index in [-0.39, 0.29) is 0 Å². The normalized spacial score (nSPS) is 12.7. The van der Waals surface area contributed by atoms with Gasteiger partial charge < -0.3 is 9.64 Å². The fourth-order valence-electron chi connectivity index (χ4n) is 3.10. The molecule has 0 fully saturated rings. The molecule has 0 atom stereocenters. The Morgan fingerprint density at radius 1 is 0.967 bits per heavy atom. The number of allylic oxidation sites excluding steroid dienone is 8. The Balaban J connectivity index is 2.57. The molecule has 2 nitrogen and oxygen atoms in total. The van der Waals surface area contributed by atoms with Gasteiger partial charge in [0.05, 0.1) is 0 Å². The van der Waals surface area contributed by atoms with Crippen LogP contribution in [0, 0.1) is 0 Å². The molecule has 30 heavy (non-hydrogen) atoms. The Morgan fingerprint density at radius 2 is 1.67 bits per heavy atom. The van der Waals surface area contributed by atoms with Crippen LogP contribution in [0.15, 0.2) is 104 Å². The summed E-state index contributed by atoms with van der Waals surface area (Å²) in [5.41, 5.74) is 5.60. The minimum absolute atomic E-state index is 0.665. The molecule has 2 heteroatoms. The number of likely N-dealkylation sites (N-methyl/N-ethyl adjacent to an activating group) is 1. The summed E-state index contributed by atoms with van der Waals surface area (Å²) >= 11 is 0. The molecule has 2 rings (SSSR count). The van der Waals surface area contributed by atoms with Crippen molar-refractivity contribution in [3.8, 4) is 5.75 Å². The minimum atomic E-state index is 0.665. The average Bonchev–Trinajstić information content (AvgIpc) is 2.76. The molecule has 2 aromatic carbocycles. The predicted octanol–water partition coefficient (Wildman–Crippen LogP) is 6.80. The van der Waals surface area contributed by atoms with Crippen molar-refractivity contribution in [1.29, 1.82) is 0 Å². The molecule has 0 aliphatic carbocycles. The van der Waals surface area contributed by atoms with Crippen molar-refractivity contribution < 1.29 is 4.74 Å². The van der Waals surface area contributed by atoms with Crippen LogP contribution in [-0.4, -0.2) is 32.1 Å². The summed E-state index contributed by atoms with van der Waals surface area (Å²) in [4.78, 5) is 2.11. The van der Waals surface area contributed by atoms with Gasteiger partial charge in [-0.2, -0.15) is 0 Å². The van der Waals surface area contributed by atoms with Crippen molar-refractivity contribution in [2.75, 3.05) is 27.2 Å². The van der Waals surface area contributed by atoms with E-state index in [0.717, 1.165) is 41.0 Å². The zero-order valence-electron chi connectivity index (χ0n) is 18.5. The summed E-state index contributed by atoms with van der Waals surface area (Å²) < 4.78 is 5.87. The average molecular weight is 400 g/mol. The number of ether oxygens (including phenoxy) is 1. The van der Waals surface area contributed by atoms with Crippen molar-refractivity contribution in [1.82, 2.24) is 4.90 Å². The fourth-order valence-corrected chi connectivity index (χ4v) is 3.10. The van der Waals surface area contributed by atoms with E-state index in [9.17, 15) is 0 Å². The molecule has 0 unspecified atom stereocenters. The van der Waals surface area contributed by atoms with Gasteiger partial charge in [0.15, 0.2) is 0 Å². The maximum absolute atomic E-state index is 5.87. The molecule has 0 N–H and O–H groups in total. The van der Waals surface area contributed by atoms with Crippen LogP contribution in [0.3, 0.4) is 0 Å². The number of benzene rings is 2. The van der Waals surface area contributed by atoms with Gasteiger partial charge in [-0.05, 0) is 60.5 Å². The lowest BCUT2D eigenvalue weighted by molar-refractivity contribution is 0.261. The van der Waals surface area contributed by atoms with Crippen molar-refractivity contribution >= 4 is 11.1 Å². The lowest BCUT2D eigenvalue weighted by atomic mass is 9.88. The number of hydrogen-bond donors (Lipinski definition) is 0. The molecule has 0 radical (unpaired) electrons. The highest BCUT2D eigenvalue weighted by molar-refractivity contribution is 6.03. The first-order valence-electron chi connectivity index (χ1n) is 10.4. The van der Waals surface area contributed by atoms with E-state index in [1.54, 1.807) is 0 Å². The zero-order chi connectivity index (χ0) is 21.8. The van der Waals surface area contributed by atoms with Crippen LogP contribution in [0.25, 0.3) is 11.1 Å². The van der Waals surface area contributed by atoms with Gasteiger partial charge in [-0.15, -0.1) is 0 Å². The van der Waals surface area contributed by atoms with E-state index in [1.807, 2.05) is 50.5 Å². The Labute approximate surface area is 182 Å². The molecule has 0 aliphatic rings. The Bertz CT molecular complexity index is 899. The number of nitrogens with zero attached hydrogens (tertiary/aromatic N) is 1. The molecule has 0 heterocycles. The second kappa shape index (κ2) is 12.5. The molecular formula is C28H33NO. The quantitative estimate of drug-likeness (QED) is 0.304. The van der Waals surface area contributed by atoms with E-state index < -0.39 is 0 Å². The van der Waals surface area contributed by atoms with Crippen LogP contribution in [-0.2, 0) is 0 Å². The second-order valence-corrected chi connectivity index (χ2v) is 7.20. The van der Waals surface area contributed by atoms with Gasteiger partial charge in [0.2, 0.25) is 0 Å². The first-order chi connectivity index (χ1) is 14.6. The smallest absolute Gasteiger partial charge is 0.119 e. The molecule has 0 saturated heterocycles. The van der Waals surface area contributed by atoms with Gasteiger partial charge in [0.25, 0.3) is 0 Å². The summed E-state index contributed by atoms with van der Waals surface area (Å²) in [7, 11) is 4.09. The SMILES string of the molecule is C=C/C=C(C=C)/C(=C(\C=C/CC)c1ccccc1)c1ccc(OCCN(C)C)cc1. The van der Waals surface area contributed by atoms with E-state index in [4.69, 9.17) is 4.74 Å². The van der Waals surface area contributed by atoms with Crippen LogP contribution in [0.1, 0.15) is 24.5 Å². The van der Waals surface area contributed by atoms with Crippen LogP contribution in [0.4, 0.5) is 0 Å². The summed E-state index contributed by atoms with van der Waals surface area (Å²) in [5.74, 6) is 0.873. The van der Waals surface area contributed by atoms with Gasteiger partial charge >= 0.3 is 0 Å². The third kappa shape index (κ3) is 6.75. The Kier molecular flexibility index (Phi) is 9.63. The van der Waals surface area contributed by atoms with E-state index in [0.29, 0.717) is 6.61 Å². The molecule has 2 aromatic rings. The highest BCUT2D eigenvalue weighted by atomic mass is 16.5. The highest BCUT2D eigenvalue weighted by Crippen LogP contribution is 2.34. The molecule has 0 amide bonds. The minimum Gasteiger partial charge on any atom is -0.492 e. The maximum Gasteiger partial charge on any atom is 0.119 e. The maximum atomic E-state index is 5.87. The van der Waals surface area contributed by atoms with Crippen molar-refractivity contribution in [3.63, 3.8) is 0 Å². The van der Waals surface area contributed by atoms with Crippen LogP contribution >= 0.6 is 0 Å². The van der Waals surface area contributed by atoms with E-state index >= 15 is 0 Å². The molecule has 0 aromatic heterocycles. The molecular weight excluding hydrogens is 366 g/mol. The van der Waals surface area contributed by atoms with E-state index in [2.05, 4.69) is 73.5 Å². The molecule has 0 bridgehead atoms. The highest BCUT2D eigenvalue weighted by Gasteiger charge is 2.13. The standard InChI is InChI=1S/C28H33NO/c1-6-9-16-27(24-14-11-10-12-15-24)28(23(8-3)13-7-2)25-17-19-26(20-18-25)30-22-21-29(4)5/h7-20H,2-3,6,21-22H2,1,4-5H3/b16-9-,23-13+,28-27-. The van der Waals surface area contributed by atoms with Gasteiger partial charge in [-0.25, -0.2) is 0 Å². The third-order valence-corrected chi connectivity index (χ3v) is 4.63. The van der Waals surface area contributed by atoms with Crippen molar-refractivity contribution in [2.45, 2.75) is 13.3 Å². The molecule has 0 saturated carbocycles. The lowest BCUT2D eigenvalue weighted by Crippen LogP contribution is -2.19. The molecule has 156 valence electrons. The number of rotatable bonds is 11. The zero-order valence-corrected chi connectivity index (χ0v) is 18.5. The largest absolute Gasteiger partial charge is 0.492 e. The summed E-state index contributed by atoms with van der Waals surface area (Å²) in [6.07, 6.45) is 11.1. The van der Waals surface area contributed by atoms with E-state index in [1.165, 1.54) is 5.56 Å². The van der Waals surface area contributed by atoms with Crippen molar-refractivity contribution in [3.05, 3.63) is 115 Å². The van der Waals surface area contributed by atoms with Gasteiger partial charge in [0, 0.05) is 6.54 Å². The van der Waals surface area contributed by atoms with Gasteiger partial charge in [0.1, 0.15) is 12.4 Å². The Morgan fingerprint density at radius 3 is 2.23 bits per heavy atom. The summed E-state index contributed by atoms with van der Waals surface area (Å²) in [6, 6.07) is 18.8. The second-order valence-electron chi connectivity index (χ2n) is 7.20. The van der Waals surface area contributed by atoms with Gasteiger partial charge in [-0.3, -0.25) is 0 Å². The van der Waals surface area contributed by atoms with Crippen molar-refractivity contribution in [2.24, 2.45) is 0 Å². The van der Waals surface area contributed by atoms with Crippen LogP contribution in [0.5, 0.6) is 5.75 Å². The number of hydrogen-bond acceptors (Lipinski definition) is 2. The first kappa shape index (κ1) is 23.2. The fraction of sp³-hybridized carbons (Fsp3) is 0.214. The van der Waals surface area contributed by atoms with Crippen LogP contribution < -0.4 is 4.74 Å². The Hall–Kier alpha value is -3.10.